The molecule has 3 N–H and O–H groups in total. The summed E-state index contributed by atoms with van der Waals surface area (Å²) in [4.78, 5) is 13.9. The fraction of sp³-hybridized carbons (Fsp3) is 0.462. The average Bonchev–Trinajstić information content (AvgIpc) is 2.44. The van der Waals surface area contributed by atoms with Gasteiger partial charge in [-0.3, -0.25) is 4.79 Å². The molecule has 0 aliphatic rings. The summed E-state index contributed by atoms with van der Waals surface area (Å²) in [5.41, 5.74) is 6.50. The molecule has 19 heavy (non-hydrogen) atoms. The largest absolute Gasteiger partial charge is 0.497 e. The van der Waals surface area contributed by atoms with E-state index in [4.69, 9.17) is 20.3 Å². The topological polar surface area (TPSA) is 85.0 Å². The number of hydrogen-bond acceptors (Lipinski definition) is 5. The van der Waals surface area contributed by atoms with Crippen LogP contribution in [0.3, 0.4) is 0 Å². The van der Waals surface area contributed by atoms with Gasteiger partial charge in [-0.05, 0) is 13.0 Å². The molecule has 6 nitrogen and oxygen atoms in total. The van der Waals surface area contributed by atoms with Gasteiger partial charge in [0.2, 0.25) is 0 Å². The van der Waals surface area contributed by atoms with E-state index in [1.165, 1.54) is 19.1 Å². The van der Waals surface area contributed by atoms with Crippen molar-refractivity contribution in [3.8, 4) is 11.5 Å². The van der Waals surface area contributed by atoms with Crippen molar-refractivity contribution in [1.82, 2.24) is 4.90 Å². The van der Waals surface area contributed by atoms with Crippen molar-refractivity contribution in [2.45, 2.75) is 6.92 Å². The molecule has 0 saturated carbocycles. The molecule has 0 atom stereocenters. The summed E-state index contributed by atoms with van der Waals surface area (Å²) in [5.74, 6) is 0.628. The molecule has 1 aromatic carbocycles. The number of amides is 1. The number of benzene rings is 1. The first-order chi connectivity index (χ1) is 9.08. The SMILES string of the molecule is CCN(CCO)C(=O)c1cc(OC)cc(OC)c1N. The first-order valence-corrected chi connectivity index (χ1v) is 6.00. The highest BCUT2D eigenvalue weighted by Gasteiger charge is 2.20. The molecule has 0 aliphatic carbocycles. The number of ether oxygens (including phenoxy) is 2. The highest BCUT2D eigenvalue weighted by Crippen LogP contribution is 2.31. The summed E-state index contributed by atoms with van der Waals surface area (Å²) in [6.07, 6.45) is 0. The van der Waals surface area contributed by atoms with Crippen molar-refractivity contribution in [1.29, 1.82) is 0 Å². The fourth-order valence-electron chi connectivity index (χ4n) is 1.76. The molecule has 1 amide bonds. The Morgan fingerprint density at radius 1 is 1.37 bits per heavy atom. The van der Waals surface area contributed by atoms with Gasteiger partial charge in [0.15, 0.2) is 0 Å². The Balaban J connectivity index is 3.20. The zero-order chi connectivity index (χ0) is 14.4. The van der Waals surface area contributed by atoms with Crippen LogP contribution in [0, 0.1) is 0 Å². The van der Waals surface area contributed by atoms with Gasteiger partial charge < -0.3 is 25.2 Å². The van der Waals surface area contributed by atoms with E-state index >= 15 is 0 Å². The van der Waals surface area contributed by atoms with Crippen LogP contribution in [0.4, 0.5) is 5.69 Å². The summed E-state index contributed by atoms with van der Waals surface area (Å²) >= 11 is 0. The first-order valence-electron chi connectivity index (χ1n) is 6.00. The Morgan fingerprint density at radius 3 is 2.53 bits per heavy atom. The summed E-state index contributed by atoms with van der Waals surface area (Å²) in [6.45, 7) is 2.48. The summed E-state index contributed by atoms with van der Waals surface area (Å²) < 4.78 is 10.2. The summed E-state index contributed by atoms with van der Waals surface area (Å²) in [7, 11) is 2.98. The molecule has 0 bridgehead atoms. The highest BCUT2D eigenvalue weighted by molar-refractivity contribution is 6.01. The Morgan fingerprint density at radius 2 is 2.05 bits per heavy atom. The number of likely N-dealkylation sites (N-methyl/N-ethyl adjacent to an activating group) is 1. The van der Waals surface area contributed by atoms with E-state index in [-0.39, 0.29) is 24.7 Å². The Labute approximate surface area is 112 Å². The van der Waals surface area contributed by atoms with Gasteiger partial charge in [-0.1, -0.05) is 0 Å². The summed E-state index contributed by atoms with van der Waals surface area (Å²) in [5, 5.41) is 8.96. The normalized spacial score (nSPS) is 10.1. The molecule has 0 radical (unpaired) electrons. The van der Waals surface area contributed by atoms with Crippen molar-refractivity contribution >= 4 is 11.6 Å². The highest BCUT2D eigenvalue weighted by atomic mass is 16.5. The Kier molecular flexibility index (Phi) is 5.44. The third-order valence-electron chi connectivity index (χ3n) is 2.84. The lowest BCUT2D eigenvalue weighted by Gasteiger charge is -2.21. The number of nitrogens with two attached hydrogens (primary N) is 1. The number of carbonyl (C=O) groups is 1. The van der Waals surface area contributed by atoms with Gasteiger partial charge in [0.05, 0.1) is 32.1 Å². The number of rotatable bonds is 6. The van der Waals surface area contributed by atoms with Crippen molar-refractivity contribution in [2.75, 3.05) is 39.6 Å². The molecular weight excluding hydrogens is 248 g/mol. The maximum atomic E-state index is 12.3. The van der Waals surface area contributed by atoms with Crippen molar-refractivity contribution in [3.05, 3.63) is 17.7 Å². The lowest BCUT2D eigenvalue weighted by molar-refractivity contribution is 0.0732. The molecule has 1 rings (SSSR count). The summed E-state index contributed by atoms with van der Waals surface area (Å²) in [6, 6.07) is 3.19. The van der Waals surface area contributed by atoms with Crippen LogP contribution in [0.1, 0.15) is 17.3 Å². The van der Waals surface area contributed by atoms with Crippen LogP contribution >= 0.6 is 0 Å². The van der Waals surface area contributed by atoms with Crippen LogP contribution in [0.2, 0.25) is 0 Å². The third-order valence-corrected chi connectivity index (χ3v) is 2.84. The van der Waals surface area contributed by atoms with E-state index in [1.54, 1.807) is 12.1 Å². The molecule has 106 valence electrons. The van der Waals surface area contributed by atoms with Crippen LogP contribution in [0.5, 0.6) is 11.5 Å². The zero-order valence-electron chi connectivity index (χ0n) is 11.5. The van der Waals surface area contributed by atoms with Crippen LogP contribution in [0.15, 0.2) is 12.1 Å². The van der Waals surface area contributed by atoms with Crippen molar-refractivity contribution in [3.63, 3.8) is 0 Å². The lowest BCUT2D eigenvalue weighted by atomic mass is 10.1. The number of aliphatic hydroxyl groups excluding tert-OH is 1. The minimum Gasteiger partial charge on any atom is -0.497 e. The number of anilines is 1. The number of carbonyl (C=O) groups excluding carboxylic acids is 1. The zero-order valence-corrected chi connectivity index (χ0v) is 11.5. The van der Waals surface area contributed by atoms with Crippen LogP contribution in [0.25, 0.3) is 0 Å². The molecular formula is C13H20N2O4. The maximum Gasteiger partial charge on any atom is 0.256 e. The number of aliphatic hydroxyl groups is 1. The van der Waals surface area contributed by atoms with Crippen LogP contribution < -0.4 is 15.2 Å². The maximum absolute atomic E-state index is 12.3. The molecule has 0 heterocycles. The van der Waals surface area contributed by atoms with Gasteiger partial charge in [-0.15, -0.1) is 0 Å². The monoisotopic (exact) mass is 268 g/mol. The van der Waals surface area contributed by atoms with E-state index in [1.807, 2.05) is 6.92 Å². The second kappa shape index (κ2) is 6.84. The predicted molar refractivity (Wildman–Crippen MR) is 72.6 cm³/mol. The molecule has 0 fully saturated rings. The van der Waals surface area contributed by atoms with E-state index < -0.39 is 0 Å². The molecule has 0 unspecified atom stereocenters. The van der Waals surface area contributed by atoms with Crippen molar-refractivity contribution < 1.29 is 19.4 Å². The third kappa shape index (κ3) is 3.29. The van der Waals surface area contributed by atoms with E-state index in [2.05, 4.69) is 0 Å². The van der Waals surface area contributed by atoms with Gasteiger partial charge in [0.1, 0.15) is 11.5 Å². The predicted octanol–water partition coefficient (Wildman–Crippen LogP) is 0.740. The lowest BCUT2D eigenvalue weighted by Crippen LogP contribution is -2.33. The second-order valence-electron chi connectivity index (χ2n) is 3.90. The van der Waals surface area contributed by atoms with E-state index in [9.17, 15) is 4.79 Å². The molecule has 0 aromatic heterocycles. The average molecular weight is 268 g/mol. The molecule has 0 aliphatic heterocycles. The van der Waals surface area contributed by atoms with Gasteiger partial charge in [-0.25, -0.2) is 0 Å². The van der Waals surface area contributed by atoms with Gasteiger partial charge in [0, 0.05) is 19.2 Å². The minimum atomic E-state index is -0.258. The molecule has 0 spiro atoms. The fourth-order valence-corrected chi connectivity index (χ4v) is 1.76. The number of methoxy groups -OCH3 is 2. The van der Waals surface area contributed by atoms with E-state index in [0.29, 0.717) is 23.6 Å². The molecule has 0 saturated heterocycles. The Hall–Kier alpha value is -1.95. The number of nitrogens with zero attached hydrogens (tertiary/aromatic N) is 1. The second-order valence-corrected chi connectivity index (χ2v) is 3.90. The minimum absolute atomic E-state index is 0.0966. The van der Waals surface area contributed by atoms with Gasteiger partial charge in [0.25, 0.3) is 5.91 Å². The van der Waals surface area contributed by atoms with Crippen LogP contribution in [-0.2, 0) is 0 Å². The Bertz CT molecular complexity index is 449. The standard InChI is InChI=1S/C13H20N2O4/c1-4-15(5-6-16)13(17)10-7-9(18-2)8-11(19-3)12(10)14/h7-8,16H,4-6,14H2,1-3H3. The number of nitrogen functional groups attached to an aromatic ring is 1. The van der Waals surface area contributed by atoms with E-state index in [0.717, 1.165) is 0 Å². The van der Waals surface area contributed by atoms with Crippen molar-refractivity contribution in [2.24, 2.45) is 0 Å². The first kappa shape index (κ1) is 15.1. The molecule has 1 aromatic rings. The van der Waals surface area contributed by atoms with Crippen LogP contribution in [-0.4, -0.2) is 49.8 Å². The smallest absolute Gasteiger partial charge is 0.256 e. The quantitative estimate of drug-likeness (QED) is 0.743. The molecule has 6 heteroatoms. The van der Waals surface area contributed by atoms with Gasteiger partial charge in [-0.2, -0.15) is 0 Å². The van der Waals surface area contributed by atoms with Gasteiger partial charge >= 0.3 is 0 Å². The number of hydrogen-bond donors (Lipinski definition) is 2.